The highest BCUT2D eigenvalue weighted by atomic mass is 14.1. The van der Waals surface area contributed by atoms with E-state index in [0.29, 0.717) is 0 Å². The minimum atomic E-state index is 1.07. The van der Waals surface area contributed by atoms with E-state index in [1.807, 2.05) is 0 Å². The zero-order valence-corrected chi connectivity index (χ0v) is 22.3. The molecule has 0 unspecified atom stereocenters. The molecule has 0 atom stereocenters. The van der Waals surface area contributed by atoms with Gasteiger partial charge in [0.2, 0.25) is 0 Å². The van der Waals surface area contributed by atoms with Gasteiger partial charge in [-0.25, -0.2) is 0 Å². The van der Waals surface area contributed by atoms with E-state index in [0.717, 1.165) is 12.8 Å². The Balaban J connectivity index is 1.71. The second-order valence-electron chi connectivity index (χ2n) is 9.55. The minimum absolute atomic E-state index is 1.07. The molecule has 0 nitrogen and oxygen atoms in total. The third-order valence-electron chi connectivity index (χ3n) is 7.00. The summed E-state index contributed by atoms with van der Waals surface area (Å²) in [7, 11) is 0. The Morgan fingerprint density at radius 3 is 1.92 bits per heavy atom. The van der Waals surface area contributed by atoms with Crippen molar-refractivity contribution in [2.24, 2.45) is 0 Å². The van der Waals surface area contributed by atoms with Crippen LogP contribution < -0.4 is 0 Å². The van der Waals surface area contributed by atoms with Gasteiger partial charge in [0.05, 0.1) is 0 Å². The minimum Gasteiger partial charge on any atom is -0.0839 e. The van der Waals surface area contributed by atoms with Crippen molar-refractivity contribution in [2.75, 3.05) is 0 Å². The third kappa shape index (κ3) is 5.61. The fourth-order valence-electron chi connectivity index (χ4n) is 5.00. The van der Waals surface area contributed by atoms with Crippen LogP contribution in [0.15, 0.2) is 146 Å². The summed E-state index contributed by atoms with van der Waals surface area (Å²) >= 11 is 0. The fourth-order valence-corrected chi connectivity index (χ4v) is 5.00. The van der Waals surface area contributed by atoms with E-state index in [4.69, 9.17) is 0 Å². The number of fused-ring (bicyclic) bond motifs is 2. The Morgan fingerprint density at radius 2 is 1.18 bits per heavy atom. The van der Waals surface area contributed by atoms with E-state index >= 15 is 0 Å². The van der Waals surface area contributed by atoms with Crippen LogP contribution in [0.25, 0.3) is 49.4 Å². The molecule has 5 rings (SSSR count). The maximum Gasteiger partial charge on any atom is -0.00302 e. The Bertz CT molecular complexity index is 1660. The Kier molecular flexibility index (Phi) is 8.11. The van der Waals surface area contributed by atoms with E-state index in [2.05, 4.69) is 159 Å². The van der Waals surface area contributed by atoms with Crippen LogP contribution in [0.1, 0.15) is 32.3 Å². The van der Waals surface area contributed by atoms with Crippen molar-refractivity contribution >= 4 is 27.1 Å². The third-order valence-corrected chi connectivity index (χ3v) is 7.00. The summed E-state index contributed by atoms with van der Waals surface area (Å²) in [4.78, 5) is 0. The fraction of sp³-hybridized carbons (Fsp3) is 0.105. The SMILES string of the molecule is C/C=C(\C=C/CCC)c1c(-c2ccc(-c3ccc4ccccc4c3)cc2)ccccccc2ccccc12. The molecule has 0 aliphatic heterocycles. The van der Waals surface area contributed by atoms with E-state index in [-0.39, 0.29) is 0 Å². The summed E-state index contributed by atoms with van der Waals surface area (Å²) in [5.74, 6) is 0. The summed E-state index contributed by atoms with van der Waals surface area (Å²) in [5.41, 5.74) is 7.38. The van der Waals surface area contributed by atoms with Crippen molar-refractivity contribution in [3.05, 3.63) is 151 Å². The number of unbranched alkanes of at least 4 members (excludes halogenated alkanes) is 1. The van der Waals surface area contributed by atoms with Gasteiger partial charge < -0.3 is 0 Å². The lowest BCUT2D eigenvalue weighted by atomic mass is 9.90. The van der Waals surface area contributed by atoms with Crippen molar-refractivity contribution in [2.45, 2.75) is 26.7 Å². The average Bonchev–Trinajstić information content (AvgIpc) is 2.97. The average molecular weight is 491 g/mol. The topological polar surface area (TPSA) is 0 Å². The molecule has 0 heteroatoms. The molecule has 0 saturated carbocycles. The zero-order chi connectivity index (χ0) is 26.2. The number of hydrogen-bond donors (Lipinski definition) is 0. The van der Waals surface area contributed by atoms with Gasteiger partial charge in [0.25, 0.3) is 0 Å². The van der Waals surface area contributed by atoms with Gasteiger partial charge in [-0.15, -0.1) is 0 Å². The van der Waals surface area contributed by atoms with Gasteiger partial charge in [0.1, 0.15) is 0 Å². The molecule has 38 heavy (non-hydrogen) atoms. The first-order valence-electron chi connectivity index (χ1n) is 13.6. The van der Waals surface area contributed by atoms with Crippen molar-refractivity contribution in [1.29, 1.82) is 0 Å². The highest BCUT2D eigenvalue weighted by Gasteiger charge is 2.11. The Labute approximate surface area is 226 Å². The first kappa shape index (κ1) is 25.2. The molecular formula is C38H34. The quantitative estimate of drug-likeness (QED) is 0.208. The number of allylic oxidation sites excluding steroid dienone is 4. The van der Waals surface area contributed by atoms with Gasteiger partial charge in [0.15, 0.2) is 0 Å². The van der Waals surface area contributed by atoms with Crippen LogP contribution in [0.4, 0.5) is 0 Å². The molecule has 0 bridgehead atoms. The molecule has 5 aromatic rings. The summed E-state index contributed by atoms with van der Waals surface area (Å²) in [6.07, 6.45) is 9.03. The highest BCUT2D eigenvalue weighted by molar-refractivity contribution is 6.00. The van der Waals surface area contributed by atoms with Crippen LogP contribution in [-0.4, -0.2) is 0 Å². The molecule has 0 N–H and O–H groups in total. The van der Waals surface area contributed by atoms with Gasteiger partial charge >= 0.3 is 0 Å². The van der Waals surface area contributed by atoms with Crippen molar-refractivity contribution in [3.63, 3.8) is 0 Å². The van der Waals surface area contributed by atoms with Crippen LogP contribution in [0, 0.1) is 0 Å². The summed E-state index contributed by atoms with van der Waals surface area (Å²) in [6.45, 7) is 4.36. The zero-order valence-electron chi connectivity index (χ0n) is 22.3. The van der Waals surface area contributed by atoms with E-state index in [1.54, 1.807) is 0 Å². The normalized spacial score (nSPS) is 11.7. The molecule has 0 aliphatic rings. The van der Waals surface area contributed by atoms with Gasteiger partial charge in [-0.2, -0.15) is 0 Å². The van der Waals surface area contributed by atoms with Crippen LogP contribution in [0.3, 0.4) is 0 Å². The highest BCUT2D eigenvalue weighted by Crippen LogP contribution is 2.35. The van der Waals surface area contributed by atoms with Crippen LogP contribution in [-0.2, 0) is 0 Å². The van der Waals surface area contributed by atoms with Crippen LogP contribution >= 0.6 is 0 Å². The molecule has 0 saturated heterocycles. The Morgan fingerprint density at radius 1 is 0.579 bits per heavy atom. The molecule has 0 aromatic heterocycles. The smallest absolute Gasteiger partial charge is 0.00302 e. The molecule has 186 valence electrons. The van der Waals surface area contributed by atoms with Crippen molar-refractivity contribution in [3.8, 4) is 22.3 Å². The monoisotopic (exact) mass is 490 g/mol. The first-order chi connectivity index (χ1) is 18.8. The molecule has 0 amide bonds. The molecule has 0 heterocycles. The lowest BCUT2D eigenvalue weighted by Gasteiger charge is -2.14. The van der Waals surface area contributed by atoms with Gasteiger partial charge in [0, 0.05) is 0 Å². The van der Waals surface area contributed by atoms with Crippen LogP contribution in [0.2, 0.25) is 0 Å². The van der Waals surface area contributed by atoms with E-state index < -0.39 is 0 Å². The van der Waals surface area contributed by atoms with Crippen molar-refractivity contribution < 1.29 is 0 Å². The maximum atomic E-state index is 2.30. The molecule has 5 aromatic carbocycles. The Hall–Kier alpha value is -4.42. The molecule has 0 radical (unpaired) electrons. The second kappa shape index (κ2) is 12.2. The predicted octanol–water partition coefficient (Wildman–Crippen LogP) is 11.2. The van der Waals surface area contributed by atoms with Crippen molar-refractivity contribution in [1.82, 2.24) is 0 Å². The lowest BCUT2D eigenvalue weighted by Crippen LogP contribution is -1.90. The largest absolute Gasteiger partial charge is 0.0839 e. The molecule has 0 spiro atoms. The number of benzene rings is 4. The molecule has 0 fully saturated rings. The first-order valence-corrected chi connectivity index (χ1v) is 13.6. The molecular weight excluding hydrogens is 456 g/mol. The maximum absolute atomic E-state index is 2.30. The standard InChI is InChI=1S/C38H34/c1-3-5-8-15-29(4-2)38-36-21-14-13-18-32(36)17-9-6-7-10-20-37(38)33-25-22-31(23-26-33)35-27-24-30-16-11-12-19-34(30)28-35/h4,6-28H,3,5H2,1-2H3/b7-6?,9-6?,10-7?,15-8-,17-9?,20-10?,29-4+,32-17?,37-20?,38-36?,38-37?. The molecule has 0 aliphatic carbocycles. The summed E-state index contributed by atoms with van der Waals surface area (Å²) in [6, 6.07) is 45.9. The van der Waals surface area contributed by atoms with Gasteiger partial charge in [-0.05, 0) is 74.3 Å². The second-order valence-corrected chi connectivity index (χ2v) is 9.55. The number of rotatable bonds is 6. The predicted molar refractivity (Wildman–Crippen MR) is 168 cm³/mol. The van der Waals surface area contributed by atoms with E-state index in [9.17, 15) is 0 Å². The lowest BCUT2D eigenvalue weighted by molar-refractivity contribution is 0.959. The number of hydrogen-bond acceptors (Lipinski definition) is 0. The van der Waals surface area contributed by atoms with Crippen LogP contribution in [0.5, 0.6) is 0 Å². The van der Waals surface area contributed by atoms with E-state index in [1.165, 1.54) is 54.9 Å². The summed E-state index contributed by atoms with van der Waals surface area (Å²) in [5, 5.41) is 5.00. The van der Waals surface area contributed by atoms with Gasteiger partial charge in [-0.1, -0.05) is 153 Å². The van der Waals surface area contributed by atoms with Gasteiger partial charge in [-0.3, -0.25) is 0 Å². The summed E-state index contributed by atoms with van der Waals surface area (Å²) < 4.78 is 0.